The van der Waals surface area contributed by atoms with Gasteiger partial charge in [0, 0.05) is 26.2 Å². The second-order valence-electron chi connectivity index (χ2n) is 5.26. The first-order chi connectivity index (χ1) is 9.08. The summed E-state index contributed by atoms with van der Waals surface area (Å²) in [5.41, 5.74) is 1.29. The highest BCUT2D eigenvalue weighted by Gasteiger charge is 2.32. The van der Waals surface area contributed by atoms with Crippen LogP contribution in [0.15, 0.2) is 24.0 Å². The lowest BCUT2D eigenvalue weighted by Gasteiger charge is -2.15. The molecule has 1 fully saturated rings. The lowest BCUT2D eigenvalue weighted by Crippen LogP contribution is -2.29. The molecule has 0 spiro atoms. The Hall–Kier alpha value is -1.33. The first-order valence-corrected chi connectivity index (χ1v) is 6.81. The number of nitrogens with zero attached hydrogens (tertiary/aromatic N) is 3. The number of aliphatic hydroxyl groups excluding tert-OH is 1. The van der Waals surface area contributed by atoms with Gasteiger partial charge in [-0.25, -0.2) is 0 Å². The summed E-state index contributed by atoms with van der Waals surface area (Å²) in [5, 5.41) is 14.2. The number of hydrogen-bond donors (Lipinski definition) is 1. The average Bonchev–Trinajstić information content (AvgIpc) is 2.95. The van der Waals surface area contributed by atoms with Crippen LogP contribution in [0, 0.1) is 0 Å². The van der Waals surface area contributed by atoms with Gasteiger partial charge in [-0.1, -0.05) is 11.6 Å². The van der Waals surface area contributed by atoms with Crippen molar-refractivity contribution < 1.29 is 9.84 Å². The Morgan fingerprint density at radius 2 is 2.32 bits per heavy atom. The SMILES string of the molecule is CCn1cc(O[C@@H]2CN(CC=C(C)C)C[C@H]2O)cn1. The molecule has 2 heterocycles. The maximum absolute atomic E-state index is 10.0. The maximum Gasteiger partial charge on any atom is 0.157 e. The highest BCUT2D eigenvalue weighted by molar-refractivity contribution is 5.13. The molecule has 2 atom stereocenters. The minimum atomic E-state index is -0.435. The van der Waals surface area contributed by atoms with E-state index < -0.39 is 6.10 Å². The predicted molar refractivity (Wildman–Crippen MR) is 74.2 cm³/mol. The van der Waals surface area contributed by atoms with Crippen LogP contribution in [0.2, 0.25) is 0 Å². The molecule has 0 bridgehead atoms. The number of β-amino-alcohol motifs (C(OH)–C–C–N with tert-alkyl or cyclic N) is 1. The van der Waals surface area contributed by atoms with Crippen LogP contribution in [-0.2, 0) is 6.54 Å². The summed E-state index contributed by atoms with van der Waals surface area (Å²) < 4.78 is 7.63. The highest BCUT2D eigenvalue weighted by Crippen LogP contribution is 2.18. The zero-order valence-electron chi connectivity index (χ0n) is 11.9. The van der Waals surface area contributed by atoms with E-state index in [0.29, 0.717) is 6.54 Å². The molecule has 0 unspecified atom stereocenters. The Morgan fingerprint density at radius 3 is 2.95 bits per heavy atom. The zero-order chi connectivity index (χ0) is 13.8. The number of aliphatic hydroxyl groups is 1. The number of rotatable bonds is 5. The fraction of sp³-hybridized carbons (Fsp3) is 0.643. The third-order valence-electron chi connectivity index (χ3n) is 3.29. The number of hydrogen-bond acceptors (Lipinski definition) is 4. The molecule has 0 amide bonds. The van der Waals surface area contributed by atoms with Gasteiger partial charge in [-0.3, -0.25) is 9.58 Å². The zero-order valence-corrected chi connectivity index (χ0v) is 11.9. The number of aryl methyl sites for hydroxylation is 1. The Balaban J connectivity index is 1.89. The number of likely N-dealkylation sites (tertiary alicyclic amines) is 1. The summed E-state index contributed by atoms with van der Waals surface area (Å²) in [6.07, 6.45) is 5.14. The van der Waals surface area contributed by atoms with Crippen LogP contribution in [-0.4, -0.2) is 51.6 Å². The normalized spacial score (nSPS) is 23.6. The van der Waals surface area contributed by atoms with Crippen molar-refractivity contribution >= 4 is 0 Å². The molecule has 1 aromatic rings. The first kappa shape index (κ1) is 14.1. The molecule has 0 saturated carbocycles. The van der Waals surface area contributed by atoms with Gasteiger partial charge < -0.3 is 9.84 Å². The van der Waals surface area contributed by atoms with Crippen molar-refractivity contribution in [3.8, 4) is 5.75 Å². The van der Waals surface area contributed by atoms with Crippen molar-refractivity contribution in [3.05, 3.63) is 24.0 Å². The number of allylic oxidation sites excluding steroid dienone is 1. The Labute approximate surface area is 114 Å². The third-order valence-corrected chi connectivity index (χ3v) is 3.29. The van der Waals surface area contributed by atoms with E-state index in [9.17, 15) is 5.11 Å². The molecule has 5 nitrogen and oxygen atoms in total. The molecule has 0 aliphatic carbocycles. The Morgan fingerprint density at radius 1 is 1.53 bits per heavy atom. The third kappa shape index (κ3) is 3.81. The van der Waals surface area contributed by atoms with Gasteiger partial charge in [0.25, 0.3) is 0 Å². The fourth-order valence-electron chi connectivity index (χ4n) is 2.16. The predicted octanol–water partition coefficient (Wildman–Crippen LogP) is 1.29. The summed E-state index contributed by atoms with van der Waals surface area (Å²) in [6, 6.07) is 0. The van der Waals surface area contributed by atoms with E-state index in [2.05, 4.69) is 29.9 Å². The van der Waals surface area contributed by atoms with E-state index in [1.165, 1.54) is 5.57 Å². The van der Waals surface area contributed by atoms with E-state index in [-0.39, 0.29) is 6.10 Å². The standard InChI is InChI=1S/C14H23N3O2/c1-4-17-8-12(7-15-17)19-14-10-16(9-13(14)18)6-5-11(2)3/h5,7-8,13-14,18H,4,6,9-10H2,1-3H3/t13-,14-/m1/s1. The van der Waals surface area contributed by atoms with Crippen LogP contribution in [0.5, 0.6) is 5.75 Å². The molecule has 1 aliphatic heterocycles. The lowest BCUT2D eigenvalue weighted by atomic mass is 10.3. The van der Waals surface area contributed by atoms with Crippen LogP contribution < -0.4 is 4.74 Å². The molecule has 106 valence electrons. The van der Waals surface area contributed by atoms with Crippen LogP contribution in [0.4, 0.5) is 0 Å². The van der Waals surface area contributed by atoms with Gasteiger partial charge in [0.05, 0.1) is 12.4 Å². The highest BCUT2D eigenvalue weighted by atomic mass is 16.5. The summed E-state index contributed by atoms with van der Waals surface area (Å²) in [4.78, 5) is 2.20. The molecule has 0 aromatic carbocycles. The first-order valence-electron chi connectivity index (χ1n) is 6.81. The molecular weight excluding hydrogens is 242 g/mol. The van der Waals surface area contributed by atoms with Crippen molar-refractivity contribution in [2.45, 2.75) is 39.5 Å². The fourth-order valence-corrected chi connectivity index (χ4v) is 2.16. The minimum Gasteiger partial charge on any atom is -0.483 e. The molecule has 1 aliphatic rings. The molecule has 1 N–H and O–H groups in total. The van der Waals surface area contributed by atoms with Crippen molar-refractivity contribution in [3.63, 3.8) is 0 Å². The smallest absolute Gasteiger partial charge is 0.157 e. The molecule has 1 aromatic heterocycles. The minimum absolute atomic E-state index is 0.167. The Bertz CT molecular complexity index is 438. The largest absolute Gasteiger partial charge is 0.483 e. The van der Waals surface area contributed by atoms with Gasteiger partial charge in [-0.05, 0) is 20.8 Å². The van der Waals surface area contributed by atoms with E-state index in [4.69, 9.17) is 4.74 Å². The molecule has 1 saturated heterocycles. The summed E-state index contributed by atoms with van der Waals surface area (Å²) in [7, 11) is 0. The van der Waals surface area contributed by atoms with E-state index in [1.54, 1.807) is 6.20 Å². The second kappa shape index (κ2) is 6.21. The monoisotopic (exact) mass is 265 g/mol. The maximum atomic E-state index is 10.0. The summed E-state index contributed by atoms with van der Waals surface area (Å²) in [6.45, 7) is 9.30. The van der Waals surface area contributed by atoms with Gasteiger partial charge in [0.15, 0.2) is 5.75 Å². The van der Waals surface area contributed by atoms with Crippen LogP contribution >= 0.6 is 0 Å². The van der Waals surface area contributed by atoms with Gasteiger partial charge >= 0.3 is 0 Å². The van der Waals surface area contributed by atoms with Crippen LogP contribution in [0.3, 0.4) is 0 Å². The molecule has 0 radical (unpaired) electrons. The van der Waals surface area contributed by atoms with Gasteiger partial charge in [0.1, 0.15) is 12.2 Å². The number of aromatic nitrogens is 2. The second-order valence-corrected chi connectivity index (χ2v) is 5.26. The Kier molecular flexibility index (Phi) is 4.61. The van der Waals surface area contributed by atoms with Gasteiger partial charge in [0.2, 0.25) is 0 Å². The van der Waals surface area contributed by atoms with E-state index >= 15 is 0 Å². The van der Waals surface area contributed by atoms with Gasteiger partial charge in [-0.2, -0.15) is 5.10 Å². The van der Waals surface area contributed by atoms with E-state index in [1.807, 2.05) is 17.8 Å². The molecule has 5 heteroatoms. The molecular formula is C14H23N3O2. The van der Waals surface area contributed by atoms with Crippen molar-refractivity contribution in [2.24, 2.45) is 0 Å². The number of ether oxygens (including phenoxy) is 1. The molecule has 19 heavy (non-hydrogen) atoms. The van der Waals surface area contributed by atoms with Crippen molar-refractivity contribution in [1.29, 1.82) is 0 Å². The topological polar surface area (TPSA) is 50.5 Å². The average molecular weight is 265 g/mol. The quantitative estimate of drug-likeness (QED) is 0.815. The van der Waals surface area contributed by atoms with Crippen LogP contribution in [0.1, 0.15) is 20.8 Å². The van der Waals surface area contributed by atoms with E-state index in [0.717, 1.165) is 25.4 Å². The summed E-state index contributed by atoms with van der Waals surface area (Å²) in [5.74, 6) is 0.731. The van der Waals surface area contributed by atoms with Crippen LogP contribution in [0.25, 0.3) is 0 Å². The lowest BCUT2D eigenvalue weighted by molar-refractivity contribution is 0.0736. The summed E-state index contributed by atoms with van der Waals surface area (Å²) >= 11 is 0. The van der Waals surface area contributed by atoms with Crippen molar-refractivity contribution in [2.75, 3.05) is 19.6 Å². The molecule has 2 rings (SSSR count). The van der Waals surface area contributed by atoms with Gasteiger partial charge in [-0.15, -0.1) is 0 Å². The van der Waals surface area contributed by atoms with Crippen molar-refractivity contribution in [1.82, 2.24) is 14.7 Å².